The van der Waals surface area contributed by atoms with Gasteiger partial charge in [-0.1, -0.05) is 20.8 Å². The van der Waals surface area contributed by atoms with E-state index < -0.39 is 8.32 Å². The van der Waals surface area contributed by atoms with Crippen molar-refractivity contribution in [3.8, 4) is 0 Å². The second-order valence-electron chi connectivity index (χ2n) is 5.34. The van der Waals surface area contributed by atoms with Crippen LogP contribution in [-0.4, -0.2) is 14.9 Å². The molecule has 3 heteroatoms. The van der Waals surface area contributed by atoms with Crippen LogP contribution in [0, 0.1) is 5.92 Å². The van der Waals surface area contributed by atoms with Crippen molar-refractivity contribution in [3.63, 3.8) is 0 Å². The second kappa shape index (κ2) is 6.21. The van der Waals surface area contributed by atoms with Gasteiger partial charge in [-0.05, 0) is 38.9 Å². The average molecular weight is 230 g/mol. The highest BCUT2D eigenvalue weighted by molar-refractivity contribution is 6.70. The van der Waals surface area contributed by atoms with E-state index in [0.29, 0.717) is 5.92 Å². The van der Waals surface area contributed by atoms with Gasteiger partial charge in [0, 0.05) is 5.57 Å². The fourth-order valence-corrected chi connectivity index (χ4v) is 1.69. The Bertz CT molecular complexity index is 214. The molecule has 0 saturated heterocycles. The molecule has 0 rings (SSSR count). The molecule has 0 amide bonds. The molecule has 0 unspecified atom stereocenters. The van der Waals surface area contributed by atoms with Crippen molar-refractivity contribution in [2.24, 2.45) is 5.92 Å². The number of hydrogen-bond donors (Lipinski definition) is 0. The average Bonchev–Trinajstić information content (AvgIpc) is 2.08. The first-order chi connectivity index (χ1) is 6.76. The van der Waals surface area contributed by atoms with Crippen molar-refractivity contribution in [1.82, 2.24) is 0 Å². The van der Waals surface area contributed by atoms with Crippen LogP contribution in [0.2, 0.25) is 19.6 Å². The number of allylic oxidation sites excluding steroid dienone is 1. The highest BCUT2D eigenvalue weighted by atomic mass is 28.4. The maximum absolute atomic E-state index is 5.94. The summed E-state index contributed by atoms with van der Waals surface area (Å²) >= 11 is 0. The van der Waals surface area contributed by atoms with Gasteiger partial charge >= 0.3 is 0 Å². The standard InChI is InChI=1S/C12H26O2Si/c1-8-11(4)12(13-9-10(2)3)14-15(5,6)7/h10H,8-9H2,1-7H3/b12-11+. The highest BCUT2D eigenvalue weighted by Gasteiger charge is 2.20. The van der Waals surface area contributed by atoms with Gasteiger partial charge in [-0.2, -0.15) is 0 Å². The fourth-order valence-electron chi connectivity index (χ4n) is 0.905. The molecule has 0 aromatic carbocycles. The van der Waals surface area contributed by atoms with Crippen LogP contribution in [0.3, 0.4) is 0 Å². The Morgan fingerprint density at radius 1 is 1.20 bits per heavy atom. The van der Waals surface area contributed by atoms with Crippen LogP contribution in [0.4, 0.5) is 0 Å². The predicted octanol–water partition coefficient (Wildman–Crippen LogP) is 4.15. The van der Waals surface area contributed by atoms with Gasteiger partial charge in [-0.3, -0.25) is 0 Å². The molecule has 0 aliphatic carbocycles. The van der Waals surface area contributed by atoms with Crippen molar-refractivity contribution < 1.29 is 9.16 Å². The van der Waals surface area contributed by atoms with Crippen molar-refractivity contribution in [2.75, 3.05) is 6.61 Å². The Morgan fingerprint density at radius 2 is 1.73 bits per heavy atom. The fraction of sp³-hybridized carbons (Fsp3) is 0.833. The quantitative estimate of drug-likeness (QED) is 0.504. The third-order valence-electron chi connectivity index (χ3n) is 1.83. The molecule has 0 aliphatic rings. The van der Waals surface area contributed by atoms with E-state index in [0.717, 1.165) is 19.0 Å². The highest BCUT2D eigenvalue weighted by Crippen LogP contribution is 2.18. The third-order valence-corrected chi connectivity index (χ3v) is 2.62. The van der Waals surface area contributed by atoms with Crippen LogP contribution in [0.5, 0.6) is 0 Å². The topological polar surface area (TPSA) is 18.5 Å². The molecule has 0 bridgehead atoms. The number of hydrogen-bond acceptors (Lipinski definition) is 2. The summed E-state index contributed by atoms with van der Waals surface area (Å²) in [5.74, 6) is 1.31. The first kappa shape index (κ1) is 14.6. The summed E-state index contributed by atoms with van der Waals surface area (Å²) in [6.07, 6.45) is 0.984. The summed E-state index contributed by atoms with van der Waals surface area (Å²) in [5.41, 5.74) is 1.21. The largest absolute Gasteiger partial charge is 0.520 e. The first-order valence-electron chi connectivity index (χ1n) is 5.77. The van der Waals surface area contributed by atoms with Crippen LogP contribution in [0.15, 0.2) is 11.5 Å². The second-order valence-corrected chi connectivity index (χ2v) is 9.77. The number of ether oxygens (including phenoxy) is 1. The van der Waals surface area contributed by atoms with E-state index in [4.69, 9.17) is 9.16 Å². The lowest BCUT2D eigenvalue weighted by atomic mass is 10.2. The van der Waals surface area contributed by atoms with Gasteiger partial charge in [0.2, 0.25) is 8.32 Å². The van der Waals surface area contributed by atoms with Gasteiger partial charge in [-0.25, -0.2) is 0 Å². The molecular weight excluding hydrogens is 204 g/mol. The molecule has 0 atom stereocenters. The minimum absolute atomic E-state index is 0.537. The van der Waals surface area contributed by atoms with Gasteiger partial charge in [0.1, 0.15) is 0 Å². The Hall–Kier alpha value is -0.443. The Morgan fingerprint density at radius 3 is 2.07 bits per heavy atom. The Balaban J connectivity index is 4.47. The lowest BCUT2D eigenvalue weighted by Crippen LogP contribution is -2.26. The normalized spacial score (nSPS) is 13.9. The first-order valence-corrected chi connectivity index (χ1v) is 9.18. The van der Waals surface area contributed by atoms with Crippen LogP contribution in [-0.2, 0) is 9.16 Å². The minimum Gasteiger partial charge on any atom is -0.520 e. The Kier molecular flexibility index (Phi) is 6.02. The molecular formula is C12H26O2Si. The maximum atomic E-state index is 5.94. The zero-order valence-corrected chi connectivity index (χ0v) is 12.3. The van der Waals surface area contributed by atoms with E-state index >= 15 is 0 Å². The smallest absolute Gasteiger partial charge is 0.264 e. The maximum Gasteiger partial charge on any atom is 0.264 e. The van der Waals surface area contributed by atoms with Crippen LogP contribution >= 0.6 is 0 Å². The van der Waals surface area contributed by atoms with Crippen LogP contribution in [0.1, 0.15) is 34.1 Å². The molecule has 90 valence electrons. The summed E-state index contributed by atoms with van der Waals surface area (Å²) in [7, 11) is -1.55. The van der Waals surface area contributed by atoms with Crippen molar-refractivity contribution in [2.45, 2.75) is 53.8 Å². The van der Waals surface area contributed by atoms with Crippen molar-refractivity contribution >= 4 is 8.32 Å². The zero-order valence-electron chi connectivity index (χ0n) is 11.3. The monoisotopic (exact) mass is 230 g/mol. The molecule has 15 heavy (non-hydrogen) atoms. The molecule has 0 radical (unpaired) electrons. The zero-order chi connectivity index (χ0) is 12.1. The molecule has 0 heterocycles. The number of rotatable bonds is 6. The van der Waals surface area contributed by atoms with E-state index in [2.05, 4.69) is 47.3 Å². The van der Waals surface area contributed by atoms with Crippen molar-refractivity contribution in [3.05, 3.63) is 11.5 Å². The molecule has 0 fully saturated rings. The molecule has 0 aromatic heterocycles. The van der Waals surface area contributed by atoms with E-state index in [-0.39, 0.29) is 0 Å². The molecule has 0 aromatic rings. The van der Waals surface area contributed by atoms with E-state index in [1.54, 1.807) is 0 Å². The molecule has 0 saturated carbocycles. The van der Waals surface area contributed by atoms with E-state index in [9.17, 15) is 0 Å². The lowest BCUT2D eigenvalue weighted by Gasteiger charge is -2.24. The summed E-state index contributed by atoms with van der Waals surface area (Å²) < 4.78 is 11.7. The van der Waals surface area contributed by atoms with Gasteiger partial charge in [0.15, 0.2) is 0 Å². The molecule has 0 spiro atoms. The van der Waals surface area contributed by atoms with Crippen LogP contribution < -0.4 is 0 Å². The summed E-state index contributed by atoms with van der Waals surface area (Å²) in [5, 5.41) is 0. The van der Waals surface area contributed by atoms with Gasteiger partial charge < -0.3 is 9.16 Å². The summed E-state index contributed by atoms with van der Waals surface area (Å²) in [6, 6.07) is 0. The Labute approximate surface area is 95.8 Å². The predicted molar refractivity (Wildman–Crippen MR) is 68.2 cm³/mol. The third kappa shape index (κ3) is 7.48. The molecule has 0 N–H and O–H groups in total. The summed E-state index contributed by atoms with van der Waals surface area (Å²) in [4.78, 5) is 0. The SMILES string of the molecule is CC/C(C)=C(\OCC(C)C)O[Si](C)(C)C. The summed E-state index contributed by atoms with van der Waals surface area (Å²) in [6.45, 7) is 15.8. The minimum atomic E-state index is -1.55. The van der Waals surface area contributed by atoms with Crippen LogP contribution in [0.25, 0.3) is 0 Å². The van der Waals surface area contributed by atoms with Gasteiger partial charge in [0.05, 0.1) is 6.61 Å². The van der Waals surface area contributed by atoms with E-state index in [1.165, 1.54) is 5.57 Å². The molecule has 2 nitrogen and oxygen atoms in total. The van der Waals surface area contributed by atoms with Gasteiger partial charge in [0.25, 0.3) is 5.95 Å². The van der Waals surface area contributed by atoms with Crippen molar-refractivity contribution in [1.29, 1.82) is 0 Å². The van der Waals surface area contributed by atoms with Gasteiger partial charge in [-0.15, -0.1) is 0 Å². The molecule has 0 aliphatic heterocycles. The lowest BCUT2D eigenvalue weighted by molar-refractivity contribution is 0.0806. The van der Waals surface area contributed by atoms with E-state index in [1.807, 2.05) is 0 Å².